The van der Waals surface area contributed by atoms with E-state index in [0.29, 0.717) is 54.5 Å². The summed E-state index contributed by atoms with van der Waals surface area (Å²) in [5.41, 5.74) is 3.21. The van der Waals surface area contributed by atoms with Crippen molar-refractivity contribution in [1.29, 1.82) is 0 Å². The molecule has 2 heterocycles. The number of benzene rings is 3. The summed E-state index contributed by atoms with van der Waals surface area (Å²) in [6.45, 7) is 7.11. The van der Waals surface area contributed by atoms with Crippen LogP contribution >= 0.6 is 0 Å². The van der Waals surface area contributed by atoms with Crippen molar-refractivity contribution in [2.75, 3.05) is 20.3 Å². The molecule has 0 radical (unpaired) electrons. The lowest BCUT2D eigenvalue weighted by Gasteiger charge is -2.26. The molecule has 214 valence electrons. The maximum absolute atomic E-state index is 13.5. The highest BCUT2D eigenvalue weighted by Gasteiger charge is 2.46. The zero-order chi connectivity index (χ0) is 29.1. The second-order valence-electron chi connectivity index (χ2n) is 11.1. The molecule has 1 amide bonds. The van der Waals surface area contributed by atoms with Gasteiger partial charge in [0.05, 0.1) is 25.3 Å². The van der Waals surface area contributed by atoms with Crippen LogP contribution in [0.15, 0.2) is 72.3 Å². The number of amides is 1. The molecule has 2 aliphatic heterocycles. The predicted octanol–water partition coefficient (Wildman–Crippen LogP) is 6.11. The van der Waals surface area contributed by atoms with Crippen LogP contribution in [0.2, 0.25) is 0 Å². The number of aliphatic hydroxyl groups is 1. The Morgan fingerprint density at radius 2 is 1.83 bits per heavy atom. The van der Waals surface area contributed by atoms with Gasteiger partial charge in [-0.25, -0.2) is 0 Å². The number of carbonyl (C=O) groups is 2. The highest BCUT2D eigenvalue weighted by molar-refractivity contribution is 6.46. The van der Waals surface area contributed by atoms with E-state index in [-0.39, 0.29) is 17.4 Å². The fraction of sp³-hybridized carbons (Fsp3) is 0.353. The third-order valence-electron chi connectivity index (χ3n) is 7.65. The fourth-order valence-electron chi connectivity index (χ4n) is 5.45. The zero-order valence-electron chi connectivity index (χ0n) is 24.1. The number of carbonyl (C=O) groups excluding carboxylic acids is 2. The van der Waals surface area contributed by atoms with Gasteiger partial charge < -0.3 is 24.2 Å². The van der Waals surface area contributed by atoms with E-state index in [1.54, 1.807) is 36.3 Å². The monoisotopic (exact) mass is 555 g/mol. The first-order chi connectivity index (χ1) is 19.8. The number of ether oxygens (including phenoxy) is 3. The molecule has 1 fully saturated rings. The molecule has 0 saturated carbocycles. The quantitative estimate of drug-likeness (QED) is 0.185. The van der Waals surface area contributed by atoms with E-state index < -0.39 is 17.7 Å². The molecule has 41 heavy (non-hydrogen) atoms. The molecule has 0 bridgehead atoms. The summed E-state index contributed by atoms with van der Waals surface area (Å²) >= 11 is 0. The van der Waals surface area contributed by atoms with E-state index in [9.17, 15) is 14.7 Å². The SMILES string of the molecule is COc1cc(C2/C(=C(/O)c3ccc4c(c3)CC(C)O4)C(=O)C(=O)N2CCc2ccccc2)ccc1OCCC(C)C. The van der Waals surface area contributed by atoms with E-state index in [4.69, 9.17) is 14.2 Å². The van der Waals surface area contributed by atoms with Gasteiger partial charge in [-0.15, -0.1) is 0 Å². The van der Waals surface area contributed by atoms with Crippen molar-refractivity contribution in [2.24, 2.45) is 5.92 Å². The van der Waals surface area contributed by atoms with Crippen LogP contribution in [0, 0.1) is 5.92 Å². The lowest BCUT2D eigenvalue weighted by molar-refractivity contribution is -0.139. The van der Waals surface area contributed by atoms with Gasteiger partial charge in [0.2, 0.25) is 0 Å². The van der Waals surface area contributed by atoms with Gasteiger partial charge in [0.1, 0.15) is 17.6 Å². The summed E-state index contributed by atoms with van der Waals surface area (Å²) in [4.78, 5) is 28.6. The van der Waals surface area contributed by atoms with E-state index in [2.05, 4.69) is 13.8 Å². The highest BCUT2D eigenvalue weighted by atomic mass is 16.5. The Kier molecular flexibility index (Phi) is 8.34. The number of nitrogens with zero attached hydrogens (tertiary/aromatic N) is 1. The standard InChI is InChI=1S/C34H37NO6/c1-21(2)15-17-40-28-13-10-24(20-29(28)39-4)31-30(32(36)25-11-12-27-26(19-25)18-22(3)41-27)33(37)34(38)35(31)16-14-23-8-6-5-7-9-23/h5-13,19-22,31,36H,14-18H2,1-4H3/b32-30-. The lowest BCUT2D eigenvalue weighted by atomic mass is 9.94. The number of likely N-dealkylation sites (tertiary alicyclic amines) is 1. The van der Waals surface area contributed by atoms with E-state index in [1.807, 2.05) is 49.4 Å². The second kappa shape index (κ2) is 12.1. The van der Waals surface area contributed by atoms with Gasteiger partial charge in [0.15, 0.2) is 11.5 Å². The van der Waals surface area contributed by atoms with Crippen molar-refractivity contribution in [3.8, 4) is 17.2 Å². The summed E-state index contributed by atoms with van der Waals surface area (Å²) in [7, 11) is 1.56. The molecule has 3 aromatic carbocycles. The van der Waals surface area contributed by atoms with Crippen molar-refractivity contribution < 1.29 is 28.9 Å². The number of Topliss-reactive ketones (excluding diaryl/α,β-unsaturated/α-hetero) is 1. The summed E-state index contributed by atoms with van der Waals surface area (Å²) in [6.07, 6.45) is 2.21. The predicted molar refractivity (Wildman–Crippen MR) is 157 cm³/mol. The molecule has 7 nitrogen and oxygen atoms in total. The first kappa shape index (κ1) is 28.3. The van der Waals surface area contributed by atoms with Crippen LogP contribution in [0.5, 0.6) is 17.2 Å². The van der Waals surface area contributed by atoms with Crippen LogP contribution in [0.3, 0.4) is 0 Å². The Morgan fingerprint density at radius 3 is 2.56 bits per heavy atom. The smallest absolute Gasteiger partial charge is 0.295 e. The molecule has 0 aliphatic carbocycles. The lowest BCUT2D eigenvalue weighted by Crippen LogP contribution is -2.31. The first-order valence-electron chi connectivity index (χ1n) is 14.2. The van der Waals surface area contributed by atoms with Gasteiger partial charge in [0, 0.05) is 18.5 Å². The average molecular weight is 556 g/mol. The fourth-order valence-corrected chi connectivity index (χ4v) is 5.45. The van der Waals surface area contributed by atoms with Crippen molar-refractivity contribution in [3.05, 3.63) is 94.6 Å². The molecular formula is C34H37NO6. The van der Waals surface area contributed by atoms with E-state index in [1.165, 1.54) is 0 Å². The van der Waals surface area contributed by atoms with Gasteiger partial charge in [-0.1, -0.05) is 50.2 Å². The van der Waals surface area contributed by atoms with Crippen LogP contribution in [0.25, 0.3) is 5.76 Å². The van der Waals surface area contributed by atoms with Crippen LogP contribution in [0.4, 0.5) is 0 Å². The van der Waals surface area contributed by atoms with Crippen LogP contribution in [0.1, 0.15) is 55.5 Å². The van der Waals surface area contributed by atoms with E-state index >= 15 is 0 Å². The minimum atomic E-state index is -0.791. The number of methoxy groups -OCH3 is 1. The van der Waals surface area contributed by atoms with Crippen LogP contribution in [-0.2, 0) is 22.4 Å². The zero-order valence-corrected chi connectivity index (χ0v) is 24.1. The molecule has 1 N–H and O–H groups in total. The second-order valence-corrected chi connectivity index (χ2v) is 11.1. The number of hydrogen-bond acceptors (Lipinski definition) is 6. The van der Waals surface area contributed by atoms with Gasteiger partial charge >= 0.3 is 0 Å². The molecule has 0 aromatic heterocycles. The Labute approximate surface area is 241 Å². The van der Waals surface area contributed by atoms with Gasteiger partial charge in [0.25, 0.3) is 11.7 Å². The summed E-state index contributed by atoms with van der Waals surface area (Å²) in [5.74, 6) is 0.817. The molecule has 3 aromatic rings. The molecule has 2 atom stereocenters. The Hall–Kier alpha value is -4.26. The van der Waals surface area contributed by atoms with Crippen LogP contribution in [-0.4, -0.2) is 48.1 Å². The van der Waals surface area contributed by atoms with E-state index in [0.717, 1.165) is 23.3 Å². The number of hydrogen-bond donors (Lipinski definition) is 1. The van der Waals surface area contributed by atoms with Crippen molar-refractivity contribution in [3.63, 3.8) is 0 Å². The molecule has 2 unspecified atom stereocenters. The molecule has 0 spiro atoms. The summed E-state index contributed by atoms with van der Waals surface area (Å²) in [6, 6.07) is 19.8. The molecule has 7 heteroatoms. The first-order valence-corrected chi connectivity index (χ1v) is 14.2. The number of fused-ring (bicyclic) bond motifs is 1. The Morgan fingerprint density at radius 1 is 1.05 bits per heavy atom. The largest absolute Gasteiger partial charge is 0.507 e. The average Bonchev–Trinajstić information content (AvgIpc) is 3.46. The minimum Gasteiger partial charge on any atom is -0.507 e. The van der Waals surface area contributed by atoms with Crippen molar-refractivity contribution in [1.82, 2.24) is 4.90 Å². The summed E-state index contributed by atoms with van der Waals surface area (Å²) in [5, 5.41) is 11.6. The maximum atomic E-state index is 13.5. The Bertz CT molecular complexity index is 1460. The normalized spacial score (nSPS) is 19.4. The third kappa shape index (κ3) is 5.94. The Balaban J connectivity index is 1.55. The minimum absolute atomic E-state index is 0.0414. The number of rotatable bonds is 10. The van der Waals surface area contributed by atoms with Gasteiger partial charge in [-0.05, 0) is 72.7 Å². The molecule has 1 saturated heterocycles. The molecule has 5 rings (SSSR count). The highest BCUT2D eigenvalue weighted by Crippen LogP contribution is 2.43. The summed E-state index contributed by atoms with van der Waals surface area (Å²) < 4.78 is 17.4. The van der Waals surface area contributed by atoms with Crippen molar-refractivity contribution in [2.45, 2.75) is 52.2 Å². The van der Waals surface area contributed by atoms with Crippen molar-refractivity contribution >= 4 is 17.4 Å². The third-order valence-corrected chi connectivity index (χ3v) is 7.65. The topological polar surface area (TPSA) is 85.3 Å². The van der Waals surface area contributed by atoms with Gasteiger partial charge in [-0.2, -0.15) is 0 Å². The van der Waals surface area contributed by atoms with Crippen LogP contribution < -0.4 is 14.2 Å². The molecular weight excluding hydrogens is 518 g/mol. The maximum Gasteiger partial charge on any atom is 0.295 e. The number of ketones is 1. The molecule has 2 aliphatic rings. The number of aliphatic hydroxyl groups excluding tert-OH is 1. The van der Waals surface area contributed by atoms with Gasteiger partial charge in [-0.3, -0.25) is 9.59 Å².